The van der Waals surface area contributed by atoms with Gasteiger partial charge in [0.05, 0.1) is 19.6 Å². The zero-order valence-corrected chi connectivity index (χ0v) is 14.8. The lowest BCUT2D eigenvalue weighted by Gasteiger charge is -2.38. The smallest absolute Gasteiger partial charge is 0.234 e. The van der Waals surface area contributed by atoms with Gasteiger partial charge < -0.3 is 21.7 Å². The Labute approximate surface area is 143 Å². The first-order valence-corrected chi connectivity index (χ1v) is 7.90. The highest BCUT2D eigenvalue weighted by Gasteiger charge is 2.41. The Morgan fingerprint density at radius 3 is 2.77 bits per heavy atom. The van der Waals surface area contributed by atoms with E-state index in [0.717, 1.165) is 29.7 Å². The Hall–Kier alpha value is -1.32. The average Bonchev–Trinajstić information content (AvgIpc) is 2.91. The van der Waals surface area contributed by atoms with Gasteiger partial charge in [-0.25, -0.2) is 0 Å². The molecular weight excluding hydrogens is 338 g/mol. The summed E-state index contributed by atoms with van der Waals surface area (Å²) in [7, 11) is 0. The molecule has 0 aliphatic carbocycles. The predicted octanol–water partition coefficient (Wildman–Crippen LogP) is 1.37. The molecule has 3 rings (SSSR count). The van der Waals surface area contributed by atoms with Gasteiger partial charge in [0.1, 0.15) is 5.75 Å². The summed E-state index contributed by atoms with van der Waals surface area (Å²) in [6.45, 7) is 9.48. The van der Waals surface area contributed by atoms with Gasteiger partial charge in [-0.15, -0.1) is 0 Å². The van der Waals surface area contributed by atoms with Gasteiger partial charge >= 0.3 is 0 Å². The SMILES string of the molecule is C=CC[N+]1(CC)CCCC1Oc1cccc2ccccc12.[Br-]. The summed E-state index contributed by atoms with van der Waals surface area (Å²) < 4.78 is 7.48. The number of quaternary nitrogens is 1. The van der Waals surface area contributed by atoms with E-state index in [1.165, 1.54) is 23.7 Å². The van der Waals surface area contributed by atoms with Gasteiger partial charge in [-0.3, -0.25) is 4.48 Å². The summed E-state index contributed by atoms with van der Waals surface area (Å²) in [5.74, 6) is 1.01. The third-order valence-electron chi connectivity index (χ3n) is 4.80. The van der Waals surface area contributed by atoms with E-state index in [0.29, 0.717) is 0 Å². The molecule has 2 unspecified atom stereocenters. The minimum atomic E-state index is 0. The molecule has 3 heteroatoms. The van der Waals surface area contributed by atoms with Gasteiger partial charge in [0.25, 0.3) is 0 Å². The number of nitrogens with zero attached hydrogens (tertiary/aromatic N) is 1. The molecule has 2 aromatic carbocycles. The van der Waals surface area contributed by atoms with Crippen molar-refractivity contribution in [1.82, 2.24) is 0 Å². The standard InChI is InChI=1S/C19H24NO.BrH/c1-3-14-20(4-2)15-8-13-19(20)21-18-12-7-10-16-9-5-6-11-17(16)18;/h3,5-7,9-12,19H,1,4,8,13-15H2,2H3;1H/q+1;/p-1. The number of likely N-dealkylation sites (tertiary alicyclic amines) is 1. The van der Waals surface area contributed by atoms with Crippen LogP contribution in [-0.2, 0) is 0 Å². The number of likely N-dealkylation sites (N-methyl/N-ethyl adjacent to an activating group) is 1. The van der Waals surface area contributed by atoms with E-state index >= 15 is 0 Å². The largest absolute Gasteiger partial charge is 1.00 e. The summed E-state index contributed by atoms with van der Waals surface area (Å²) in [4.78, 5) is 0. The van der Waals surface area contributed by atoms with Crippen molar-refractivity contribution < 1.29 is 26.2 Å². The van der Waals surface area contributed by atoms with Crippen LogP contribution in [0, 0.1) is 0 Å². The molecule has 22 heavy (non-hydrogen) atoms. The molecule has 1 heterocycles. The first kappa shape index (κ1) is 17.0. The first-order valence-electron chi connectivity index (χ1n) is 7.90. The maximum atomic E-state index is 6.47. The number of ether oxygens (including phenoxy) is 1. The fourth-order valence-corrected chi connectivity index (χ4v) is 3.57. The van der Waals surface area contributed by atoms with Crippen molar-refractivity contribution in [1.29, 1.82) is 0 Å². The maximum Gasteiger partial charge on any atom is 0.234 e. The van der Waals surface area contributed by atoms with Crippen molar-refractivity contribution in [3.8, 4) is 5.75 Å². The number of halogens is 1. The van der Waals surface area contributed by atoms with Crippen LogP contribution in [-0.4, -0.2) is 30.3 Å². The molecule has 0 spiro atoms. The molecule has 0 saturated carbocycles. The molecule has 0 bridgehead atoms. The summed E-state index contributed by atoms with van der Waals surface area (Å²) in [5, 5.41) is 2.45. The quantitative estimate of drug-likeness (QED) is 0.577. The second-order valence-electron chi connectivity index (χ2n) is 5.92. The van der Waals surface area contributed by atoms with Crippen LogP contribution in [0.1, 0.15) is 19.8 Å². The third kappa shape index (κ3) is 3.06. The number of hydrogen-bond donors (Lipinski definition) is 0. The van der Waals surface area contributed by atoms with E-state index in [1.54, 1.807) is 0 Å². The molecule has 1 aliphatic heterocycles. The zero-order chi connectivity index (χ0) is 14.7. The molecule has 0 radical (unpaired) electrons. The minimum Gasteiger partial charge on any atom is -1.00 e. The molecule has 1 saturated heterocycles. The predicted molar refractivity (Wildman–Crippen MR) is 88.3 cm³/mol. The van der Waals surface area contributed by atoms with Crippen LogP contribution in [0.5, 0.6) is 5.75 Å². The van der Waals surface area contributed by atoms with E-state index in [4.69, 9.17) is 4.74 Å². The Morgan fingerprint density at radius 2 is 2.00 bits per heavy atom. The normalized spacial score (nSPS) is 24.0. The molecule has 0 aromatic heterocycles. The van der Waals surface area contributed by atoms with Crippen LogP contribution in [0.15, 0.2) is 55.1 Å². The van der Waals surface area contributed by atoms with Crippen molar-refractivity contribution in [3.63, 3.8) is 0 Å². The van der Waals surface area contributed by atoms with E-state index in [-0.39, 0.29) is 23.2 Å². The second-order valence-corrected chi connectivity index (χ2v) is 5.92. The van der Waals surface area contributed by atoms with Crippen LogP contribution in [0.3, 0.4) is 0 Å². The van der Waals surface area contributed by atoms with Gasteiger partial charge in [0.15, 0.2) is 0 Å². The van der Waals surface area contributed by atoms with Crippen molar-refractivity contribution in [2.24, 2.45) is 0 Å². The number of hydrogen-bond acceptors (Lipinski definition) is 1. The highest BCUT2D eigenvalue weighted by Crippen LogP contribution is 2.32. The van der Waals surface area contributed by atoms with Crippen LogP contribution in [0.4, 0.5) is 0 Å². The first-order chi connectivity index (χ1) is 10.3. The van der Waals surface area contributed by atoms with Crippen molar-refractivity contribution in [3.05, 3.63) is 55.1 Å². The van der Waals surface area contributed by atoms with E-state index in [2.05, 4.69) is 56.0 Å². The highest BCUT2D eigenvalue weighted by molar-refractivity contribution is 5.88. The van der Waals surface area contributed by atoms with Gasteiger partial charge in [0.2, 0.25) is 6.23 Å². The molecule has 2 atom stereocenters. The van der Waals surface area contributed by atoms with Crippen molar-refractivity contribution in [2.45, 2.75) is 26.0 Å². The lowest BCUT2D eigenvalue weighted by molar-refractivity contribution is -0.948. The Bertz CT molecular complexity index is 637. The Morgan fingerprint density at radius 1 is 1.23 bits per heavy atom. The Kier molecular flexibility index (Phi) is 5.65. The Balaban J connectivity index is 0.00000176. The minimum absolute atomic E-state index is 0. The van der Waals surface area contributed by atoms with E-state index in [9.17, 15) is 0 Å². The average molecular weight is 362 g/mol. The summed E-state index contributed by atoms with van der Waals surface area (Å²) in [5.41, 5.74) is 0. The molecule has 0 N–H and O–H groups in total. The van der Waals surface area contributed by atoms with E-state index < -0.39 is 0 Å². The third-order valence-corrected chi connectivity index (χ3v) is 4.80. The second kappa shape index (κ2) is 7.30. The van der Waals surface area contributed by atoms with Gasteiger partial charge in [-0.1, -0.05) is 43.0 Å². The monoisotopic (exact) mass is 361 g/mol. The van der Waals surface area contributed by atoms with Crippen molar-refractivity contribution >= 4 is 10.8 Å². The van der Waals surface area contributed by atoms with Gasteiger partial charge in [0, 0.05) is 18.2 Å². The summed E-state index contributed by atoms with van der Waals surface area (Å²) in [6.07, 6.45) is 4.65. The fourth-order valence-electron chi connectivity index (χ4n) is 3.57. The van der Waals surface area contributed by atoms with Crippen LogP contribution in [0.25, 0.3) is 10.8 Å². The lowest BCUT2D eigenvalue weighted by Crippen LogP contribution is -3.00. The van der Waals surface area contributed by atoms with Gasteiger partial charge in [-0.2, -0.15) is 0 Å². The fraction of sp³-hybridized carbons (Fsp3) is 0.368. The van der Waals surface area contributed by atoms with Crippen LogP contribution in [0.2, 0.25) is 0 Å². The van der Waals surface area contributed by atoms with Crippen LogP contribution >= 0.6 is 0 Å². The topological polar surface area (TPSA) is 9.23 Å². The molecule has 2 nitrogen and oxygen atoms in total. The summed E-state index contributed by atoms with van der Waals surface area (Å²) in [6, 6.07) is 14.8. The molecule has 1 aliphatic rings. The molecule has 0 amide bonds. The maximum absolute atomic E-state index is 6.47. The highest BCUT2D eigenvalue weighted by atomic mass is 79.9. The number of benzene rings is 2. The lowest BCUT2D eigenvalue weighted by atomic mass is 10.1. The van der Waals surface area contributed by atoms with Crippen LogP contribution < -0.4 is 21.7 Å². The molecule has 118 valence electrons. The number of fused-ring (bicyclic) bond motifs is 1. The zero-order valence-electron chi connectivity index (χ0n) is 13.2. The molecular formula is C19H24BrNO. The van der Waals surface area contributed by atoms with Crippen molar-refractivity contribution in [2.75, 3.05) is 19.6 Å². The summed E-state index contributed by atoms with van der Waals surface area (Å²) >= 11 is 0. The molecule has 2 aromatic rings. The van der Waals surface area contributed by atoms with Gasteiger partial charge in [-0.05, 0) is 24.5 Å². The molecule has 1 fully saturated rings. The number of rotatable bonds is 5. The van der Waals surface area contributed by atoms with E-state index in [1.807, 2.05) is 6.08 Å².